The summed E-state index contributed by atoms with van der Waals surface area (Å²) in [4.78, 5) is 14.3. The van der Waals surface area contributed by atoms with Gasteiger partial charge < -0.3 is 15.4 Å². The van der Waals surface area contributed by atoms with E-state index in [9.17, 15) is 4.79 Å². The van der Waals surface area contributed by atoms with Gasteiger partial charge in [-0.05, 0) is 19.2 Å². The maximum absolute atomic E-state index is 11.8. The highest BCUT2D eigenvalue weighted by Gasteiger charge is 2.40. The molecule has 2 heterocycles. The largest absolute Gasteiger partial charge is 0.379 e. The van der Waals surface area contributed by atoms with Crippen LogP contribution in [0.2, 0.25) is 0 Å². The van der Waals surface area contributed by atoms with Crippen molar-refractivity contribution in [3.63, 3.8) is 0 Å². The topological polar surface area (TPSA) is 53.6 Å². The van der Waals surface area contributed by atoms with Gasteiger partial charge in [0.15, 0.2) is 0 Å². The number of nitrogens with one attached hydrogen (secondary N) is 2. The molecule has 0 radical (unpaired) electrons. The van der Waals surface area contributed by atoms with Gasteiger partial charge in [-0.3, -0.25) is 9.69 Å². The monoisotopic (exact) mass is 359 g/mol. The van der Waals surface area contributed by atoms with Crippen molar-refractivity contribution < 1.29 is 9.53 Å². The fourth-order valence-corrected chi connectivity index (χ4v) is 4.20. The Labute approximate surface area is 144 Å². The highest BCUT2D eigenvalue weighted by atomic mass is 35.5. The fraction of sp³-hybridized carbons (Fsp3) is 0.923. The number of hydrogen-bond acceptors (Lipinski definition) is 5. The molecule has 1 atom stereocenters. The number of rotatable bonds is 6. The summed E-state index contributed by atoms with van der Waals surface area (Å²) in [7, 11) is 1.87. The van der Waals surface area contributed by atoms with Gasteiger partial charge in [-0.1, -0.05) is 0 Å². The number of ether oxygens (including phenoxy) is 1. The summed E-state index contributed by atoms with van der Waals surface area (Å²) in [6.07, 6.45) is 1.73. The van der Waals surface area contributed by atoms with Crippen molar-refractivity contribution in [3.05, 3.63) is 0 Å². The van der Waals surface area contributed by atoms with Gasteiger partial charge in [0.1, 0.15) is 0 Å². The first-order chi connectivity index (χ1) is 9.27. The number of carbonyl (C=O) groups is 1. The lowest BCUT2D eigenvalue weighted by molar-refractivity contribution is -0.121. The van der Waals surface area contributed by atoms with E-state index in [0.29, 0.717) is 6.42 Å². The predicted molar refractivity (Wildman–Crippen MR) is 93.1 cm³/mol. The number of morpholine rings is 1. The number of halogens is 2. The zero-order valence-corrected chi connectivity index (χ0v) is 15.0. The van der Waals surface area contributed by atoms with Crippen molar-refractivity contribution in [2.24, 2.45) is 0 Å². The molecular weight excluding hydrogens is 333 g/mol. The van der Waals surface area contributed by atoms with Crippen LogP contribution in [0.15, 0.2) is 0 Å². The second-order valence-corrected chi connectivity index (χ2v) is 6.36. The molecular formula is C13H27Cl2N3O2S. The van der Waals surface area contributed by atoms with E-state index in [4.69, 9.17) is 4.74 Å². The Kier molecular flexibility index (Phi) is 11.1. The minimum absolute atomic E-state index is 0. The first kappa shape index (κ1) is 21.3. The zero-order valence-electron chi connectivity index (χ0n) is 12.6. The van der Waals surface area contributed by atoms with Crippen LogP contribution in [-0.2, 0) is 9.53 Å². The quantitative estimate of drug-likeness (QED) is 0.733. The summed E-state index contributed by atoms with van der Waals surface area (Å²) in [6.45, 7) is 5.15. The average molecular weight is 360 g/mol. The first-order valence-corrected chi connectivity index (χ1v) is 8.24. The summed E-state index contributed by atoms with van der Waals surface area (Å²) in [5, 5.41) is 6.13. The molecule has 0 aliphatic carbocycles. The van der Waals surface area contributed by atoms with E-state index in [1.165, 1.54) is 12.2 Å². The molecule has 0 aromatic rings. The number of nitrogens with zero attached hydrogens (tertiary/aromatic N) is 1. The average Bonchev–Trinajstić information content (AvgIpc) is 2.94. The lowest BCUT2D eigenvalue weighted by atomic mass is 9.95. The Hall–Kier alpha value is 0.280. The highest BCUT2D eigenvalue weighted by molar-refractivity contribution is 7.99. The predicted octanol–water partition coefficient (Wildman–Crippen LogP) is 0.764. The molecule has 2 saturated heterocycles. The van der Waals surface area contributed by atoms with E-state index in [1.807, 2.05) is 18.8 Å². The summed E-state index contributed by atoms with van der Waals surface area (Å²) < 4.78 is 5.44. The Morgan fingerprint density at radius 3 is 2.62 bits per heavy atom. The molecule has 2 aliphatic heterocycles. The van der Waals surface area contributed by atoms with Gasteiger partial charge in [-0.15, -0.1) is 24.8 Å². The lowest BCUT2D eigenvalue weighted by Gasteiger charge is -2.43. The maximum Gasteiger partial charge on any atom is 0.221 e. The summed E-state index contributed by atoms with van der Waals surface area (Å²) >= 11 is 2.00. The second kappa shape index (κ2) is 10.9. The van der Waals surface area contributed by atoms with E-state index in [-0.39, 0.29) is 36.3 Å². The molecule has 2 rings (SSSR count). The molecule has 1 amide bonds. The SMILES string of the molecule is CNCCC(=O)NCC1(N2CCOCC2)CCSC1.Cl.Cl. The van der Waals surface area contributed by atoms with Crippen molar-refractivity contribution in [2.45, 2.75) is 18.4 Å². The van der Waals surface area contributed by atoms with E-state index >= 15 is 0 Å². The molecule has 1 unspecified atom stereocenters. The van der Waals surface area contributed by atoms with Gasteiger partial charge in [0.2, 0.25) is 5.91 Å². The lowest BCUT2D eigenvalue weighted by Crippen LogP contribution is -2.59. The van der Waals surface area contributed by atoms with Gasteiger partial charge in [-0.25, -0.2) is 0 Å². The third-order valence-corrected chi connectivity index (χ3v) is 5.22. The highest BCUT2D eigenvalue weighted by Crippen LogP contribution is 2.33. The van der Waals surface area contributed by atoms with Crippen LogP contribution in [0.5, 0.6) is 0 Å². The van der Waals surface area contributed by atoms with Gasteiger partial charge in [0.25, 0.3) is 0 Å². The van der Waals surface area contributed by atoms with E-state index < -0.39 is 0 Å². The van der Waals surface area contributed by atoms with E-state index in [2.05, 4.69) is 15.5 Å². The van der Waals surface area contributed by atoms with Crippen LogP contribution in [0.25, 0.3) is 0 Å². The van der Waals surface area contributed by atoms with Gasteiger partial charge in [0, 0.05) is 43.9 Å². The third kappa shape index (κ3) is 6.12. The van der Waals surface area contributed by atoms with Crippen LogP contribution < -0.4 is 10.6 Å². The van der Waals surface area contributed by atoms with Gasteiger partial charge >= 0.3 is 0 Å². The van der Waals surface area contributed by atoms with Crippen LogP contribution in [0, 0.1) is 0 Å². The molecule has 21 heavy (non-hydrogen) atoms. The normalized spacial score (nSPS) is 25.8. The number of thioether (sulfide) groups is 1. The molecule has 2 fully saturated rings. The summed E-state index contributed by atoms with van der Waals surface area (Å²) in [5.74, 6) is 2.47. The van der Waals surface area contributed by atoms with E-state index in [1.54, 1.807) is 0 Å². The summed E-state index contributed by atoms with van der Waals surface area (Å²) in [6, 6.07) is 0. The smallest absolute Gasteiger partial charge is 0.221 e. The third-order valence-electron chi connectivity index (χ3n) is 3.98. The van der Waals surface area contributed by atoms with Crippen LogP contribution in [0.4, 0.5) is 0 Å². The molecule has 0 spiro atoms. The number of amides is 1. The molecule has 126 valence electrons. The zero-order chi connectivity index (χ0) is 13.6. The summed E-state index contributed by atoms with van der Waals surface area (Å²) in [5.41, 5.74) is 0.156. The Morgan fingerprint density at radius 2 is 2.05 bits per heavy atom. The van der Waals surface area contributed by atoms with Crippen LogP contribution in [-0.4, -0.2) is 74.3 Å². The van der Waals surface area contributed by atoms with Crippen molar-refractivity contribution in [3.8, 4) is 0 Å². The van der Waals surface area contributed by atoms with Crippen LogP contribution in [0.3, 0.4) is 0 Å². The maximum atomic E-state index is 11.8. The van der Waals surface area contributed by atoms with Crippen molar-refractivity contribution in [2.75, 3.05) is 57.9 Å². The van der Waals surface area contributed by atoms with E-state index in [0.717, 1.165) is 45.1 Å². The minimum Gasteiger partial charge on any atom is -0.379 e. The van der Waals surface area contributed by atoms with Crippen molar-refractivity contribution in [1.82, 2.24) is 15.5 Å². The molecule has 2 N–H and O–H groups in total. The van der Waals surface area contributed by atoms with Crippen molar-refractivity contribution in [1.29, 1.82) is 0 Å². The van der Waals surface area contributed by atoms with Gasteiger partial charge in [-0.2, -0.15) is 11.8 Å². The minimum atomic E-state index is 0. The number of hydrogen-bond donors (Lipinski definition) is 2. The first-order valence-electron chi connectivity index (χ1n) is 7.09. The number of carbonyl (C=O) groups excluding carboxylic acids is 1. The molecule has 8 heteroatoms. The van der Waals surface area contributed by atoms with Crippen molar-refractivity contribution >= 4 is 42.5 Å². The van der Waals surface area contributed by atoms with Crippen LogP contribution in [0.1, 0.15) is 12.8 Å². The molecule has 0 aromatic heterocycles. The molecule has 0 aromatic carbocycles. The second-order valence-electron chi connectivity index (χ2n) is 5.26. The Bertz CT molecular complexity index is 299. The molecule has 0 saturated carbocycles. The fourth-order valence-electron chi connectivity index (χ4n) is 2.72. The van der Waals surface area contributed by atoms with Gasteiger partial charge in [0.05, 0.1) is 13.2 Å². The Morgan fingerprint density at radius 1 is 1.33 bits per heavy atom. The molecule has 0 bridgehead atoms. The molecule has 2 aliphatic rings. The van der Waals surface area contributed by atoms with Crippen LogP contribution >= 0.6 is 36.6 Å². The molecule has 5 nitrogen and oxygen atoms in total. The standard InChI is InChI=1S/C13H25N3O2S.2ClH/c1-14-4-2-12(17)15-10-13(3-9-19-11-13)16-5-7-18-8-6-16;;/h14H,2-11H2,1H3,(H,15,17);2*1H. The Balaban J connectivity index is 0.00000200.